The number of aliphatic hydroxyl groups excluding tert-OH is 2. The first kappa shape index (κ1) is 31.5. The number of anilines is 1. The van der Waals surface area contributed by atoms with Gasteiger partial charge in [-0.05, 0) is 46.0 Å². The molecule has 228 valence electrons. The number of rotatable bonds is 9. The molecule has 1 aromatic heterocycles. The van der Waals surface area contributed by atoms with E-state index in [1.54, 1.807) is 32.2 Å². The zero-order chi connectivity index (χ0) is 30.9. The highest BCUT2D eigenvalue weighted by Crippen LogP contribution is 2.39. The summed E-state index contributed by atoms with van der Waals surface area (Å²) in [6, 6.07) is 4.90. The minimum absolute atomic E-state index is 0.00548. The number of carbonyl (C=O) groups excluding carboxylic acids is 1. The Morgan fingerprint density at radius 1 is 1.21 bits per heavy atom. The lowest BCUT2D eigenvalue weighted by Gasteiger charge is -2.26. The third kappa shape index (κ3) is 6.63. The number of fused-ring (bicyclic) bond motifs is 1. The van der Waals surface area contributed by atoms with Crippen LogP contribution in [0.1, 0.15) is 25.1 Å². The van der Waals surface area contributed by atoms with E-state index in [2.05, 4.69) is 5.32 Å². The fourth-order valence-electron chi connectivity index (χ4n) is 5.56. The Bertz CT molecular complexity index is 1380. The molecule has 0 saturated carbocycles. The molecule has 3 heterocycles. The quantitative estimate of drug-likeness (QED) is 0.248. The highest BCUT2D eigenvalue weighted by molar-refractivity contribution is 6.33. The van der Waals surface area contributed by atoms with Crippen molar-refractivity contribution in [3.63, 3.8) is 0 Å². The van der Waals surface area contributed by atoms with Crippen molar-refractivity contribution in [2.24, 2.45) is 11.8 Å². The Morgan fingerprint density at radius 3 is 2.40 bits per heavy atom. The summed E-state index contributed by atoms with van der Waals surface area (Å²) in [7, 11) is 1.71. The van der Waals surface area contributed by atoms with Crippen molar-refractivity contribution in [2.45, 2.75) is 33.1 Å². The van der Waals surface area contributed by atoms with Gasteiger partial charge in [0.15, 0.2) is 5.82 Å². The van der Waals surface area contributed by atoms with Crippen LogP contribution in [0.15, 0.2) is 24.0 Å². The van der Waals surface area contributed by atoms with Gasteiger partial charge in [0.2, 0.25) is 0 Å². The number of hydrogen-bond donors (Lipinski definition) is 4. The number of halogens is 4. The van der Waals surface area contributed by atoms with E-state index in [0.717, 1.165) is 4.90 Å². The van der Waals surface area contributed by atoms with Crippen LogP contribution in [-0.2, 0) is 4.79 Å². The van der Waals surface area contributed by atoms with Crippen LogP contribution in [0.2, 0.25) is 5.02 Å². The van der Waals surface area contributed by atoms with Crippen LogP contribution >= 0.6 is 11.6 Å². The molecule has 0 radical (unpaired) electrons. The summed E-state index contributed by atoms with van der Waals surface area (Å²) in [6.07, 6.45) is -5.65. The maximum atomic E-state index is 13.0. The van der Waals surface area contributed by atoms with E-state index in [1.807, 2.05) is 4.90 Å². The van der Waals surface area contributed by atoms with E-state index in [4.69, 9.17) is 31.7 Å². The number of carbonyl (C=O) groups is 1. The van der Waals surface area contributed by atoms with Crippen LogP contribution in [-0.4, -0.2) is 95.4 Å². The molecule has 2 aliphatic heterocycles. The van der Waals surface area contributed by atoms with Crippen molar-refractivity contribution in [3.8, 4) is 17.1 Å². The molecule has 2 aliphatic rings. The number of allylic oxidation sites excluding steroid dienone is 2. The number of aliphatic hydroxyl groups is 2. The molecule has 3 atom stereocenters. The Hall–Kier alpha value is -3.42. The van der Waals surface area contributed by atoms with Crippen molar-refractivity contribution in [2.75, 3.05) is 51.3 Å². The van der Waals surface area contributed by atoms with Crippen molar-refractivity contribution in [3.05, 3.63) is 40.2 Å². The molecule has 2 saturated heterocycles. The number of hydrogen-bond acceptors (Lipinski definition) is 9. The number of ether oxygens (including phenoxy) is 1. The zero-order valence-corrected chi connectivity index (χ0v) is 24.5. The molecule has 0 aliphatic carbocycles. The summed E-state index contributed by atoms with van der Waals surface area (Å²) in [5, 5.41) is 32.0. The summed E-state index contributed by atoms with van der Waals surface area (Å²) in [4.78, 5) is 24.1. The number of aromatic nitrogens is 2. The Balaban J connectivity index is 1.72. The molecular weight excluding hydrogens is 577 g/mol. The molecule has 14 heteroatoms. The van der Waals surface area contributed by atoms with Crippen LogP contribution in [0, 0.1) is 24.2 Å². The standard InChI is InChI=1S/C28H34ClF3N6O4/c1-14-24(23(15(2)33)16(3)39)35-25(21-7-20(5-6-22(21)29)42-13-19(40)8-34-4)36-26(14)37-9-17-11-38(12-18(17)10-37)27(41)28(30,31)32/h5-7,17-19,33-34,39-40H,8-13H2,1-4H3/b23-16+,33-15?/t17-,18+,19-/m1/s1. The topological polar surface area (TPSA) is 135 Å². The molecular formula is C28H34ClF3N6O4. The molecule has 1 amide bonds. The normalized spacial score (nSPS) is 19.9. The van der Waals surface area contributed by atoms with Gasteiger partial charge in [0, 0.05) is 61.4 Å². The fourth-order valence-corrected chi connectivity index (χ4v) is 5.76. The maximum Gasteiger partial charge on any atom is 0.471 e. The number of amides is 1. The molecule has 0 bridgehead atoms. The number of likely N-dealkylation sites (tertiary alicyclic amines) is 1. The van der Waals surface area contributed by atoms with Crippen LogP contribution in [0.25, 0.3) is 17.0 Å². The van der Waals surface area contributed by atoms with E-state index in [9.17, 15) is 28.2 Å². The summed E-state index contributed by atoms with van der Waals surface area (Å²) in [6.45, 7) is 5.84. The van der Waals surface area contributed by atoms with Crippen LogP contribution in [0.3, 0.4) is 0 Å². The van der Waals surface area contributed by atoms with Crippen LogP contribution in [0.4, 0.5) is 19.0 Å². The average molecular weight is 611 g/mol. The third-order valence-electron chi connectivity index (χ3n) is 7.47. The second-order valence-electron chi connectivity index (χ2n) is 10.7. The molecule has 1 aromatic carbocycles. The summed E-state index contributed by atoms with van der Waals surface area (Å²) < 4.78 is 44.8. The van der Waals surface area contributed by atoms with Gasteiger partial charge < -0.3 is 35.5 Å². The Labute approximate surface area is 246 Å². The summed E-state index contributed by atoms with van der Waals surface area (Å²) in [5.41, 5.74) is 1.61. The molecule has 2 fully saturated rings. The number of benzene rings is 1. The number of likely N-dealkylation sites (N-methyl/N-ethyl adjacent to an activating group) is 1. The van der Waals surface area contributed by atoms with E-state index in [1.165, 1.54) is 13.8 Å². The highest BCUT2D eigenvalue weighted by Gasteiger charge is 2.49. The smallest absolute Gasteiger partial charge is 0.471 e. The van der Waals surface area contributed by atoms with Crippen molar-refractivity contribution in [1.29, 1.82) is 5.41 Å². The average Bonchev–Trinajstić information content (AvgIpc) is 3.47. The van der Waals surface area contributed by atoms with Crippen LogP contribution in [0.5, 0.6) is 5.75 Å². The number of alkyl halides is 3. The van der Waals surface area contributed by atoms with Gasteiger partial charge in [0.1, 0.15) is 30.0 Å². The minimum atomic E-state index is -4.91. The van der Waals surface area contributed by atoms with Crippen molar-refractivity contribution in [1.82, 2.24) is 20.2 Å². The second-order valence-corrected chi connectivity index (χ2v) is 11.1. The molecule has 10 nitrogen and oxygen atoms in total. The molecule has 0 unspecified atom stereocenters. The molecule has 4 N–H and O–H groups in total. The van der Waals surface area contributed by atoms with Gasteiger partial charge in [0.25, 0.3) is 0 Å². The molecule has 0 spiro atoms. The first-order valence-electron chi connectivity index (χ1n) is 13.4. The molecule has 4 rings (SSSR count). The van der Waals surface area contributed by atoms with E-state index in [0.29, 0.717) is 53.0 Å². The van der Waals surface area contributed by atoms with E-state index in [-0.39, 0.29) is 54.4 Å². The minimum Gasteiger partial charge on any atom is -0.512 e. The van der Waals surface area contributed by atoms with Gasteiger partial charge in [-0.25, -0.2) is 9.97 Å². The first-order chi connectivity index (χ1) is 19.7. The zero-order valence-electron chi connectivity index (χ0n) is 23.7. The number of nitrogens with zero attached hydrogens (tertiary/aromatic N) is 4. The second kappa shape index (κ2) is 12.4. The van der Waals surface area contributed by atoms with Crippen molar-refractivity contribution >= 4 is 34.6 Å². The van der Waals surface area contributed by atoms with Gasteiger partial charge >= 0.3 is 12.1 Å². The fraction of sp³-hybridized carbons (Fsp3) is 0.500. The monoisotopic (exact) mass is 610 g/mol. The first-order valence-corrected chi connectivity index (χ1v) is 13.8. The lowest BCUT2D eigenvalue weighted by Crippen LogP contribution is -2.41. The predicted octanol–water partition coefficient (Wildman–Crippen LogP) is 3.85. The summed E-state index contributed by atoms with van der Waals surface area (Å²) in [5.74, 6) is -1.19. The lowest BCUT2D eigenvalue weighted by molar-refractivity contribution is -0.184. The van der Waals surface area contributed by atoms with E-state index >= 15 is 0 Å². The number of nitrogens with one attached hydrogen (secondary N) is 2. The van der Waals surface area contributed by atoms with Crippen molar-refractivity contribution < 1.29 is 32.9 Å². The van der Waals surface area contributed by atoms with Gasteiger partial charge in [-0.2, -0.15) is 13.2 Å². The van der Waals surface area contributed by atoms with E-state index < -0.39 is 18.2 Å². The van der Waals surface area contributed by atoms with Gasteiger partial charge in [-0.3, -0.25) is 4.79 Å². The highest BCUT2D eigenvalue weighted by atomic mass is 35.5. The third-order valence-corrected chi connectivity index (χ3v) is 7.80. The lowest BCUT2D eigenvalue weighted by atomic mass is 10.0. The Morgan fingerprint density at radius 2 is 1.86 bits per heavy atom. The molecule has 2 aromatic rings. The van der Waals surface area contributed by atoms with Gasteiger partial charge in [-0.15, -0.1) is 0 Å². The largest absolute Gasteiger partial charge is 0.512 e. The van der Waals surface area contributed by atoms with Gasteiger partial charge in [-0.1, -0.05) is 11.6 Å². The van der Waals surface area contributed by atoms with Gasteiger partial charge in [0.05, 0.1) is 16.3 Å². The van der Waals surface area contributed by atoms with Crippen LogP contribution < -0.4 is 15.0 Å². The predicted molar refractivity (Wildman–Crippen MR) is 153 cm³/mol. The summed E-state index contributed by atoms with van der Waals surface area (Å²) >= 11 is 6.57. The SMILES string of the molecule is CNC[C@@H](O)COc1ccc(Cl)c(-c2nc(/C(C(C)=N)=C(\C)O)c(C)c(N3C[C@H]4CN(C(=O)C(F)(F)F)C[C@H]4C3)n2)c1. The maximum absolute atomic E-state index is 13.0. The Kier molecular flexibility index (Phi) is 9.33. The molecule has 42 heavy (non-hydrogen) atoms.